The molecule has 44 heavy (non-hydrogen) atoms. The maximum atomic E-state index is 13.1. The SMILES string of the molecule is Cc1cccc(-n2c(CNC(=O)c3ccc(S(=O)(=O)N(C)C)cc3)nnc2SCC(=O)Nc2cc(C(F)(F)F)ccc2Cl)c1. The lowest BCUT2D eigenvalue weighted by atomic mass is 10.2. The van der Waals surface area contributed by atoms with Crippen molar-refractivity contribution in [1.82, 2.24) is 24.4 Å². The van der Waals surface area contributed by atoms with Crippen LogP contribution in [-0.2, 0) is 27.5 Å². The molecule has 3 aromatic carbocycles. The number of amides is 2. The Morgan fingerprint density at radius 3 is 2.36 bits per heavy atom. The van der Waals surface area contributed by atoms with Crippen molar-refractivity contribution in [2.24, 2.45) is 0 Å². The molecule has 2 amide bonds. The molecule has 0 bridgehead atoms. The first-order valence-corrected chi connectivity index (χ1v) is 15.6. The van der Waals surface area contributed by atoms with E-state index in [2.05, 4.69) is 20.8 Å². The molecule has 232 valence electrons. The minimum absolute atomic E-state index is 0.0410. The molecule has 0 radical (unpaired) electrons. The van der Waals surface area contributed by atoms with Crippen LogP contribution in [0, 0.1) is 6.92 Å². The number of hydrogen-bond donors (Lipinski definition) is 2. The fourth-order valence-corrected chi connectivity index (χ4v) is 5.74. The summed E-state index contributed by atoms with van der Waals surface area (Å²) in [6.07, 6.45) is -4.61. The highest BCUT2D eigenvalue weighted by Gasteiger charge is 2.31. The van der Waals surface area contributed by atoms with Gasteiger partial charge in [-0.15, -0.1) is 10.2 Å². The Balaban J connectivity index is 1.50. The van der Waals surface area contributed by atoms with E-state index in [1.54, 1.807) is 10.6 Å². The number of carbonyl (C=O) groups excluding carboxylic acids is 2. The van der Waals surface area contributed by atoms with E-state index in [1.807, 2.05) is 25.1 Å². The van der Waals surface area contributed by atoms with Crippen LogP contribution in [0.4, 0.5) is 18.9 Å². The molecule has 16 heteroatoms. The molecule has 0 saturated carbocycles. The van der Waals surface area contributed by atoms with Gasteiger partial charge in [-0.05, 0) is 67.1 Å². The number of benzene rings is 3. The molecule has 0 spiro atoms. The smallest absolute Gasteiger partial charge is 0.345 e. The summed E-state index contributed by atoms with van der Waals surface area (Å²) in [4.78, 5) is 25.6. The summed E-state index contributed by atoms with van der Waals surface area (Å²) in [7, 11) is -0.838. The van der Waals surface area contributed by atoms with Crippen molar-refractivity contribution in [3.8, 4) is 5.69 Å². The topological polar surface area (TPSA) is 126 Å². The van der Waals surface area contributed by atoms with Gasteiger partial charge in [0.25, 0.3) is 5.91 Å². The monoisotopic (exact) mass is 666 g/mol. The van der Waals surface area contributed by atoms with Crippen LogP contribution in [0.1, 0.15) is 27.3 Å². The Labute approximate surface area is 260 Å². The first-order valence-electron chi connectivity index (χ1n) is 12.8. The molecule has 4 aromatic rings. The minimum atomic E-state index is -4.61. The number of carbonyl (C=O) groups is 2. The molecule has 0 aliphatic carbocycles. The molecule has 1 heterocycles. The summed E-state index contributed by atoms with van der Waals surface area (Å²) >= 11 is 6.98. The number of aryl methyl sites for hydroxylation is 1. The van der Waals surface area contributed by atoms with E-state index < -0.39 is 33.6 Å². The number of rotatable bonds is 10. The van der Waals surface area contributed by atoms with Gasteiger partial charge >= 0.3 is 6.18 Å². The van der Waals surface area contributed by atoms with E-state index in [0.29, 0.717) is 16.7 Å². The third kappa shape index (κ3) is 7.77. The summed E-state index contributed by atoms with van der Waals surface area (Å²) in [6.45, 7) is 1.82. The Kier molecular flexibility index (Phi) is 10.0. The summed E-state index contributed by atoms with van der Waals surface area (Å²) < 4.78 is 66.7. The molecule has 0 unspecified atom stereocenters. The van der Waals surface area contributed by atoms with Crippen LogP contribution >= 0.6 is 23.4 Å². The largest absolute Gasteiger partial charge is 0.416 e. The van der Waals surface area contributed by atoms with Crippen LogP contribution in [0.2, 0.25) is 5.02 Å². The molecule has 2 N–H and O–H groups in total. The van der Waals surface area contributed by atoms with Crippen molar-refractivity contribution in [1.29, 1.82) is 0 Å². The summed E-state index contributed by atoms with van der Waals surface area (Å²) in [5, 5.41) is 13.7. The lowest BCUT2D eigenvalue weighted by molar-refractivity contribution is -0.137. The molecule has 0 aliphatic heterocycles. The Bertz CT molecular complexity index is 1800. The molecular weight excluding hydrogens is 641 g/mol. The number of alkyl halides is 3. The van der Waals surface area contributed by atoms with Gasteiger partial charge in [0.2, 0.25) is 15.9 Å². The Hall–Kier alpha value is -3.92. The van der Waals surface area contributed by atoms with E-state index in [-0.39, 0.29) is 33.5 Å². The van der Waals surface area contributed by atoms with E-state index in [4.69, 9.17) is 11.6 Å². The number of nitrogens with one attached hydrogen (secondary N) is 2. The summed E-state index contributed by atoms with van der Waals surface area (Å²) in [6, 6.07) is 15.4. The predicted molar refractivity (Wildman–Crippen MR) is 160 cm³/mol. The number of halogens is 4. The van der Waals surface area contributed by atoms with Gasteiger partial charge in [-0.3, -0.25) is 14.2 Å². The van der Waals surface area contributed by atoms with Gasteiger partial charge in [0.15, 0.2) is 11.0 Å². The van der Waals surface area contributed by atoms with E-state index >= 15 is 0 Å². The van der Waals surface area contributed by atoms with Gasteiger partial charge in [0, 0.05) is 25.3 Å². The van der Waals surface area contributed by atoms with Crippen molar-refractivity contribution in [3.05, 3.63) is 94.3 Å². The number of anilines is 1. The van der Waals surface area contributed by atoms with Gasteiger partial charge in [0.1, 0.15) is 0 Å². The Morgan fingerprint density at radius 1 is 1.02 bits per heavy atom. The fourth-order valence-electron chi connectivity index (χ4n) is 3.90. The third-order valence-corrected chi connectivity index (χ3v) is 9.25. The lowest BCUT2D eigenvalue weighted by Crippen LogP contribution is -2.25. The molecule has 0 saturated heterocycles. The van der Waals surface area contributed by atoms with Crippen LogP contribution in [0.3, 0.4) is 0 Å². The van der Waals surface area contributed by atoms with Crippen LogP contribution in [0.5, 0.6) is 0 Å². The van der Waals surface area contributed by atoms with Crippen LogP contribution in [0.25, 0.3) is 5.69 Å². The van der Waals surface area contributed by atoms with Crippen molar-refractivity contribution in [2.45, 2.75) is 29.7 Å². The third-order valence-electron chi connectivity index (χ3n) is 6.16. The van der Waals surface area contributed by atoms with Gasteiger partial charge in [0.05, 0.1) is 33.5 Å². The molecule has 10 nitrogen and oxygen atoms in total. The first-order chi connectivity index (χ1) is 20.7. The molecule has 4 rings (SSSR count). The average Bonchev–Trinajstić information content (AvgIpc) is 3.38. The molecule has 0 fully saturated rings. The molecule has 0 atom stereocenters. The summed E-state index contributed by atoms with van der Waals surface area (Å²) in [5.41, 5.74) is 0.672. The zero-order chi connectivity index (χ0) is 32.2. The van der Waals surface area contributed by atoms with Gasteiger partial charge in [-0.1, -0.05) is 35.5 Å². The van der Waals surface area contributed by atoms with Gasteiger partial charge in [-0.2, -0.15) is 13.2 Å². The lowest BCUT2D eigenvalue weighted by Gasteiger charge is -2.13. The van der Waals surface area contributed by atoms with E-state index in [9.17, 15) is 31.2 Å². The van der Waals surface area contributed by atoms with Crippen LogP contribution in [0.15, 0.2) is 76.8 Å². The maximum Gasteiger partial charge on any atom is 0.416 e. The molecular formula is C28H26ClF3N6O4S2. The Morgan fingerprint density at radius 2 is 1.73 bits per heavy atom. The number of aromatic nitrogens is 3. The quantitative estimate of drug-likeness (QED) is 0.224. The average molecular weight is 667 g/mol. The van der Waals surface area contributed by atoms with E-state index in [0.717, 1.165) is 39.8 Å². The van der Waals surface area contributed by atoms with Crippen molar-refractivity contribution < 1.29 is 31.2 Å². The predicted octanol–water partition coefficient (Wildman–Crippen LogP) is 5.16. The fraction of sp³-hybridized carbons (Fsp3) is 0.214. The standard InChI is InChI=1S/C28H26ClF3N6O4S2/c1-17-5-4-6-20(13-17)38-24(15-33-26(40)18-7-10-21(11-8-18)44(41,42)37(2)3)35-36-27(38)43-16-25(39)34-23-14-19(28(30,31)32)9-12-22(23)29/h4-14H,15-16H2,1-3H3,(H,33,40)(H,34,39). The number of thioether (sulfide) groups is 1. The zero-order valence-corrected chi connectivity index (χ0v) is 25.9. The second-order valence-corrected chi connectivity index (χ2v) is 13.1. The van der Waals surface area contributed by atoms with Crippen molar-refractivity contribution in [3.63, 3.8) is 0 Å². The highest BCUT2D eigenvalue weighted by molar-refractivity contribution is 7.99. The molecule has 0 aliphatic rings. The van der Waals surface area contributed by atoms with Crippen LogP contribution in [-0.4, -0.2) is 59.2 Å². The van der Waals surface area contributed by atoms with Gasteiger partial charge < -0.3 is 10.6 Å². The van der Waals surface area contributed by atoms with E-state index in [1.165, 1.54) is 38.4 Å². The number of nitrogens with zero attached hydrogens (tertiary/aromatic N) is 4. The highest BCUT2D eigenvalue weighted by atomic mass is 35.5. The van der Waals surface area contributed by atoms with Crippen LogP contribution < -0.4 is 10.6 Å². The summed E-state index contributed by atoms with van der Waals surface area (Å²) in [5.74, 6) is -1.00. The second-order valence-electron chi connectivity index (χ2n) is 9.60. The molecule has 1 aromatic heterocycles. The van der Waals surface area contributed by atoms with Gasteiger partial charge in [-0.25, -0.2) is 12.7 Å². The van der Waals surface area contributed by atoms with Crippen molar-refractivity contribution in [2.75, 3.05) is 25.2 Å². The first kappa shape index (κ1) is 33.0. The number of hydrogen-bond acceptors (Lipinski definition) is 7. The minimum Gasteiger partial charge on any atom is -0.345 e. The zero-order valence-electron chi connectivity index (χ0n) is 23.5. The van der Waals surface area contributed by atoms with Crippen molar-refractivity contribution >= 4 is 50.9 Å². The second kappa shape index (κ2) is 13.4. The normalized spacial score (nSPS) is 11.9. The highest BCUT2D eigenvalue weighted by Crippen LogP contribution is 2.34. The maximum absolute atomic E-state index is 13.1. The number of sulfonamides is 1.